The van der Waals surface area contributed by atoms with Crippen LogP contribution in [0.3, 0.4) is 0 Å². The van der Waals surface area contributed by atoms with Crippen LogP contribution >= 0.6 is 0 Å². The molecule has 2 aliphatic carbocycles. The molecule has 2 rings (SSSR count). The van der Waals surface area contributed by atoms with E-state index in [2.05, 4.69) is 5.32 Å². The van der Waals surface area contributed by atoms with Crippen molar-refractivity contribution in [3.05, 3.63) is 0 Å². The van der Waals surface area contributed by atoms with Gasteiger partial charge in [-0.2, -0.15) is 0 Å². The van der Waals surface area contributed by atoms with Gasteiger partial charge in [-0.25, -0.2) is 0 Å². The van der Waals surface area contributed by atoms with Gasteiger partial charge in [-0.1, -0.05) is 0 Å². The second kappa shape index (κ2) is 4.97. The van der Waals surface area contributed by atoms with Crippen molar-refractivity contribution in [3.63, 3.8) is 0 Å². The lowest BCUT2D eigenvalue weighted by Gasteiger charge is -2.16. The second-order valence-electron chi connectivity index (χ2n) is 4.78. The monoisotopic (exact) mass is 211 g/mol. The highest BCUT2D eigenvalue weighted by Crippen LogP contribution is 2.48. The van der Waals surface area contributed by atoms with Crippen LogP contribution in [0.15, 0.2) is 0 Å². The predicted molar refractivity (Wildman–Crippen MR) is 58.4 cm³/mol. The Morgan fingerprint density at radius 3 is 2.40 bits per heavy atom. The predicted octanol–water partition coefficient (Wildman–Crippen LogP) is 1.58. The zero-order chi connectivity index (χ0) is 10.7. The van der Waals surface area contributed by atoms with E-state index in [1.54, 1.807) is 0 Å². The molecule has 3 heteroatoms. The fourth-order valence-electron chi connectivity index (χ4n) is 2.24. The van der Waals surface area contributed by atoms with Crippen LogP contribution in [0.2, 0.25) is 0 Å². The van der Waals surface area contributed by atoms with E-state index in [0.717, 1.165) is 24.3 Å². The lowest BCUT2D eigenvalue weighted by atomic mass is 9.98. The van der Waals surface area contributed by atoms with Crippen molar-refractivity contribution >= 4 is 5.91 Å². The third kappa shape index (κ3) is 3.49. The standard InChI is InChI=1S/C12H21NO2/c1-2-15-8-12(14)13-7-11(9-3-4-9)10-5-6-10/h9-11H,2-8H2,1H3,(H,13,14). The Hall–Kier alpha value is -0.570. The van der Waals surface area contributed by atoms with Crippen LogP contribution in [0.1, 0.15) is 32.6 Å². The molecule has 0 aromatic rings. The van der Waals surface area contributed by atoms with E-state index < -0.39 is 0 Å². The van der Waals surface area contributed by atoms with E-state index in [4.69, 9.17) is 4.74 Å². The van der Waals surface area contributed by atoms with Gasteiger partial charge in [-0.15, -0.1) is 0 Å². The largest absolute Gasteiger partial charge is 0.372 e. The van der Waals surface area contributed by atoms with Crippen molar-refractivity contribution in [1.29, 1.82) is 0 Å². The molecule has 2 saturated carbocycles. The van der Waals surface area contributed by atoms with Gasteiger partial charge in [0.1, 0.15) is 6.61 Å². The summed E-state index contributed by atoms with van der Waals surface area (Å²) >= 11 is 0. The highest BCUT2D eigenvalue weighted by Gasteiger charge is 2.41. The molecular formula is C12H21NO2. The van der Waals surface area contributed by atoms with Crippen LogP contribution in [0, 0.1) is 17.8 Å². The number of hydrogen-bond donors (Lipinski definition) is 1. The molecule has 3 nitrogen and oxygen atoms in total. The van der Waals surface area contributed by atoms with E-state index in [-0.39, 0.29) is 12.5 Å². The zero-order valence-electron chi connectivity index (χ0n) is 9.50. The molecule has 0 heterocycles. The number of ether oxygens (including phenoxy) is 1. The van der Waals surface area contributed by atoms with E-state index in [0.29, 0.717) is 6.61 Å². The van der Waals surface area contributed by atoms with Crippen molar-refractivity contribution in [3.8, 4) is 0 Å². The van der Waals surface area contributed by atoms with Crippen LogP contribution in [0.4, 0.5) is 0 Å². The number of amides is 1. The maximum atomic E-state index is 11.4. The minimum atomic E-state index is 0.0446. The summed E-state index contributed by atoms with van der Waals surface area (Å²) in [5.41, 5.74) is 0. The molecule has 0 atom stereocenters. The Bertz CT molecular complexity index is 210. The summed E-state index contributed by atoms with van der Waals surface area (Å²) in [6.07, 6.45) is 5.51. The first-order valence-electron chi connectivity index (χ1n) is 6.15. The number of nitrogens with one attached hydrogen (secondary N) is 1. The molecule has 0 radical (unpaired) electrons. The van der Waals surface area contributed by atoms with Gasteiger partial charge in [0.2, 0.25) is 5.91 Å². The minimum absolute atomic E-state index is 0.0446. The second-order valence-corrected chi connectivity index (χ2v) is 4.78. The first kappa shape index (κ1) is 10.9. The quantitative estimate of drug-likeness (QED) is 0.694. The highest BCUT2D eigenvalue weighted by molar-refractivity contribution is 5.77. The number of rotatable bonds is 7. The molecule has 0 aromatic carbocycles. The first-order chi connectivity index (χ1) is 7.31. The number of hydrogen-bond acceptors (Lipinski definition) is 2. The summed E-state index contributed by atoms with van der Waals surface area (Å²) in [6, 6.07) is 0. The molecule has 0 aliphatic heterocycles. The molecule has 86 valence electrons. The van der Waals surface area contributed by atoms with Crippen LogP contribution in [0.25, 0.3) is 0 Å². The number of carbonyl (C=O) groups excluding carboxylic acids is 1. The Morgan fingerprint density at radius 2 is 1.93 bits per heavy atom. The Labute approximate surface area is 91.6 Å². The smallest absolute Gasteiger partial charge is 0.246 e. The van der Waals surface area contributed by atoms with Gasteiger partial charge >= 0.3 is 0 Å². The maximum Gasteiger partial charge on any atom is 0.246 e. The van der Waals surface area contributed by atoms with Gasteiger partial charge in [0.25, 0.3) is 0 Å². The number of carbonyl (C=O) groups is 1. The van der Waals surface area contributed by atoms with E-state index >= 15 is 0 Å². The average molecular weight is 211 g/mol. The molecule has 2 fully saturated rings. The van der Waals surface area contributed by atoms with Crippen molar-refractivity contribution in [2.24, 2.45) is 17.8 Å². The van der Waals surface area contributed by atoms with Gasteiger partial charge in [0, 0.05) is 13.2 Å². The zero-order valence-corrected chi connectivity index (χ0v) is 9.50. The third-order valence-electron chi connectivity index (χ3n) is 3.43. The van der Waals surface area contributed by atoms with Crippen LogP contribution in [0.5, 0.6) is 0 Å². The summed E-state index contributed by atoms with van der Waals surface area (Å²) in [5.74, 6) is 2.62. The lowest BCUT2D eigenvalue weighted by Crippen LogP contribution is -2.33. The van der Waals surface area contributed by atoms with Gasteiger partial charge in [0.05, 0.1) is 0 Å². The Balaban J connectivity index is 1.64. The van der Waals surface area contributed by atoms with Gasteiger partial charge in [-0.05, 0) is 50.4 Å². The summed E-state index contributed by atoms with van der Waals surface area (Å²) in [7, 11) is 0. The van der Waals surface area contributed by atoms with Gasteiger partial charge < -0.3 is 10.1 Å². The van der Waals surface area contributed by atoms with Crippen molar-refractivity contribution in [2.75, 3.05) is 19.8 Å². The lowest BCUT2D eigenvalue weighted by molar-refractivity contribution is -0.125. The van der Waals surface area contributed by atoms with Crippen LogP contribution < -0.4 is 5.32 Å². The fourth-order valence-corrected chi connectivity index (χ4v) is 2.24. The SMILES string of the molecule is CCOCC(=O)NCC(C1CC1)C1CC1. The van der Waals surface area contributed by atoms with Crippen molar-refractivity contribution in [2.45, 2.75) is 32.6 Å². The summed E-state index contributed by atoms with van der Waals surface area (Å²) in [6.45, 7) is 3.62. The van der Waals surface area contributed by atoms with Crippen molar-refractivity contribution in [1.82, 2.24) is 5.32 Å². The molecule has 0 bridgehead atoms. The first-order valence-corrected chi connectivity index (χ1v) is 6.15. The molecule has 15 heavy (non-hydrogen) atoms. The summed E-state index contributed by atoms with van der Waals surface area (Å²) in [5, 5.41) is 3.00. The molecule has 0 saturated heterocycles. The third-order valence-corrected chi connectivity index (χ3v) is 3.43. The highest BCUT2D eigenvalue weighted by atomic mass is 16.5. The molecule has 1 N–H and O–H groups in total. The topological polar surface area (TPSA) is 38.3 Å². The molecule has 1 amide bonds. The van der Waals surface area contributed by atoms with Crippen molar-refractivity contribution < 1.29 is 9.53 Å². The van der Waals surface area contributed by atoms with Gasteiger partial charge in [-0.3, -0.25) is 4.79 Å². The van der Waals surface area contributed by atoms with Crippen LogP contribution in [-0.4, -0.2) is 25.7 Å². The maximum absolute atomic E-state index is 11.4. The Kier molecular flexibility index (Phi) is 3.62. The summed E-state index contributed by atoms with van der Waals surface area (Å²) < 4.78 is 5.07. The summed E-state index contributed by atoms with van der Waals surface area (Å²) in [4.78, 5) is 11.4. The Morgan fingerprint density at radius 1 is 1.33 bits per heavy atom. The van der Waals surface area contributed by atoms with E-state index in [9.17, 15) is 4.79 Å². The van der Waals surface area contributed by atoms with Crippen LogP contribution in [-0.2, 0) is 9.53 Å². The van der Waals surface area contributed by atoms with Gasteiger partial charge in [0.15, 0.2) is 0 Å². The molecule has 0 aromatic heterocycles. The molecule has 0 unspecified atom stereocenters. The molecule has 0 spiro atoms. The molecular weight excluding hydrogens is 190 g/mol. The fraction of sp³-hybridized carbons (Fsp3) is 0.917. The van der Waals surface area contributed by atoms with E-state index in [1.807, 2.05) is 6.92 Å². The minimum Gasteiger partial charge on any atom is -0.372 e. The molecule has 2 aliphatic rings. The average Bonchev–Trinajstić information content (AvgIpc) is 3.05. The van der Waals surface area contributed by atoms with E-state index in [1.165, 1.54) is 25.7 Å². The normalized spacial score (nSPS) is 20.7.